The first-order chi connectivity index (χ1) is 13.7. The fourth-order valence-electron chi connectivity index (χ4n) is 3.71. The summed E-state index contributed by atoms with van der Waals surface area (Å²) in [7, 11) is 0. The Morgan fingerprint density at radius 1 is 1.31 bits per heavy atom. The van der Waals surface area contributed by atoms with E-state index in [4.69, 9.17) is 14.6 Å². The average molecular weight is 434 g/mol. The molecule has 0 radical (unpaired) electrons. The van der Waals surface area contributed by atoms with Gasteiger partial charge in [-0.2, -0.15) is 24.5 Å². The lowest BCUT2D eigenvalue weighted by Gasteiger charge is -2.18. The summed E-state index contributed by atoms with van der Waals surface area (Å²) in [5.74, 6) is -1.22. The van der Waals surface area contributed by atoms with Crippen molar-refractivity contribution in [1.29, 1.82) is 0 Å². The van der Waals surface area contributed by atoms with Gasteiger partial charge in [0.25, 0.3) is 0 Å². The van der Waals surface area contributed by atoms with Crippen molar-refractivity contribution < 1.29 is 32.6 Å². The Morgan fingerprint density at radius 2 is 2.03 bits per heavy atom. The molecule has 3 aliphatic rings. The van der Waals surface area contributed by atoms with E-state index in [1.807, 2.05) is 0 Å². The fourth-order valence-corrected chi connectivity index (χ4v) is 4.37. The summed E-state index contributed by atoms with van der Waals surface area (Å²) in [5.41, 5.74) is 1.40. The van der Waals surface area contributed by atoms with Gasteiger partial charge in [0.1, 0.15) is 0 Å². The largest absolute Gasteiger partial charge is 0.490 e. The molecule has 0 spiro atoms. The molecular formula is C19H25F3N2O4S. The van der Waals surface area contributed by atoms with Crippen LogP contribution in [0, 0.1) is 11.8 Å². The smallest absolute Gasteiger partial charge is 0.475 e. The molecule has 2 aliphatic heterocycles. The van der Waals surface area contributed by atoms with E-state index < -0.39 is 12.1 Å². The predicted molar refractivity (Wildman–Crippen MR) is 100 cm³/mol. The van der Waals surface area contributed by atoms with E-state index in [-0.39, 0.29) is 12.0 Å². The molecular weight excluding hydrogens is 409 g/mol. The molecule has 6 nitrogen and oxygen atoms in total. The summed E-state index contributed by atoms with van der Waals surface area (Å²) >= 11 is 1.76. The van der Waals surface area contributed by atoms with Gasteiger partial charge in [-0.05, 0) is 47.6 Å². The summed E-state index contributed by atoms with van der Waals surface area (Å²) in [4.78, 5) is 23.3. The minimum Gasteiger partial charge on any atom is -0.475 e. The third-order valence-electron chi connectivity index (χ3n) is 5.32. The Labute approximate surface area is 171 Å². The van der Waals surface area contributed by atoms with Gasteiger partial charge >= 0.3 is 12.1 Å². The van der Waals surface area contributed by atoms with E-state index in [9.17, 15) is 18.0 Å². The highest BCUT2D eigenvalue weighted by Gasteiger charge is 2.42. The number of hydrogen-bond acceptors (Lipinski definition) is 5. The summed E-state index contributed by atoms with van der Waals surface area (Å²) in [6, 6.07) is 2.20. The van der Waals surface area contributed by atoms with Crippen molar-refractivity contribution in [2.75, 3.05) is 19.6 Å². The Hall–Kier alpha value is -1.65. The zero-order chi connectivity index (χ0) is 21.0. The van der Waals surface area contributed by atoms with Gasteiger partial charge in [-0.15, -0.1) is 0 Å². The predicted octanol–water partition coefficient (Wildman–Crippen LogP) is 2.89. The minimum absolute atomic E-state index is 0.137. The molecule has 3 fully saturated rings. The number of alkyl halides is 3. The number of thiophene rings is 1. The molecule has 0 aromatic carbocycles. The van der Waals surface area contributed by atoms with Crippen LogP contribution in [0.25, 0.3) is 0 Å². The standard InChI is InChI=1S/C17H24N2O2S.C2HF3O2/c20-17(18-7-12-1-2-12)6-15-5-14-9-19(10-16(14)21-15)8-13-3-4-22-11-13;3-2(4,5)1(6)7/h3-4,11-12,14-16H,1-2,5-10H2,(H,18,20);(H,6,7)/t14-,15+,16+;/m0./s1. The monoisotopic (exact) mass is 434 g/mol. The van der Waals surface area contributed by atoms with Crippen molar-refractivity contribution in [1.82, 2.24) is 10.2 Å². The van der Waals surface area contributed by atoms with Gasteiger partial charge in [0.2, 0.25) is 5.91 Å². The lowest BCUT2D eigenvalue weighted by molar-refractivity contribution is -0.192. The van der Waals surface area contributed by atoms with E-state index in [2.05, 4.69) is 27.0 Å². The summed E-state index contributed by atoms with van der Waals surface area (Å²) < 4.78 is 37.9. The number of amides is 1. The highest BCUT2D eigenvalue weighted by molar-refractivity contribution is 7.07. The Kier molecular flexibility index (Phi) is 7.18. The molecule has 1 aromatic heterocycles. The number of hydrogen-bond donors (Lipinski definition) is 2. The van der Waals surface area contributed by atoms with Crippen LogP contribution in [0.4, 0.5) is 13.2 Å². The van der Waals surface area contributed by atoms with Crippen LogP contribution in [0.15, 0.2) is 16.8 Å². The number of aliphatic carboxylic acids is 1. The van der Waals surface area contributed by atoms with Crippen LogP contribution >= 0.6 is 11.3 Å². The van der Waals surface area contributed by atoms with Crippen LogP contribution in [0.5, 0.6) is 0 Å². The van der Waals surface area contributed by atoms with Crippen molar-refractivity contribution in [3.63, 3.8) is 0 Å². The van der Waals surface area contributed by atoms with E-state index in [1.54, 1.807) is 11.3 Å². The van der Waals surface area contributed by atoms with Gasteiger partial charge in [0.05, 0.1) is 18.6 Å². The second kappa shape index (κ2) is 9.44. The van der Waals surface area contributed by atoms with Gasteiger partial charge in [-0.3, -0.25) is 9.69 Å². The second-order valence-corrected chi connectivity index (χ2v) is 8.65. The first-order valence-corrected chi connectivity index (χ1v) is 10.6. The van der Waals surface area contributed by atoms with Crippen molar-refractivity contribution in [2.24, 2.45) is 11.8 Å². The van der Waals surface area contributed by atoms with Crippen LogP contribution < -0.4 is 5.32 Å². The molecule has 3 heterocycles. The van der Waals surface area contributed by atoms with Gasteiger partial charge < -0.3 is 15.2 Å². The maximum atomic E-state index is 11.9. The quantitative estimate of drug-likeness (QED) is 0.720. The Bertz CT molecular complexity index is 680. The number of carbonyl (C=O) groups is 2. The topological polar surface area (TPSA) is 78.9 Å². The molecule has 1 aromatic rings. The lowest BCUT2D eigenvalue weighted by Crippen LogP contribution is -2.30. The number of carbonyl (C=O) groups excluding carboxylic acids is 1. The number of rotatable bonds is 6. The zero-order valence-electron chi connectivity index (χ0n) is 15.9. The summed E-state index contributed by atoms with van der Waals surface area (Å²) in [6.45, 7) is 4.03. The highest BCUT2D eigenvalue weighted by atomic mass is 32.1. The number of halogens is 3. The Balaban J connectivity index is 0.000000298. The van der Waals surface area contributed by atoms with E-state index in [0.717, 1.165) is 38.5 Å². The van der Waals surface area contributed by atoms with Crippen LogP contribution in [0.1, 0.15) is 31.2 Å². The Morgan fingerprint density at radius 3 is 2.59 bits per heavy atom. The van der Waals surface area contributed by atoms with E-state index >= 15 is 0 Å². The zero-order valence-corrected chi connectivity index (χ0v) is 16.7. The summed E-state index contributed by atoms with van der Waals surface area (Å²) in [5, 5.41) is 14.5. The van der Waals surface area contributed by atoms with Crippen LogP contribution in [-0.2, 0) is 20.9 Å². The number of carboxylic acid groups (broad SMARTS) is 1. The number of carboxylic acids is 1. The van der Waals surface area contributed by atoms with E-state index in [0.29, 0.717) is 18.4 Å². The van der Waals surface area contributed by atoms with Crippen molar-refractivity contribution in [3.8, 4) is 0 Å². The number of nitrogens with one attached hydrogen (secondary N) is 1. The van der Waals surface area contributed by atoms with Gasteiger partial charge in [0.15, 0.2) is 0 Å². The van der Waals surface area contributed by atoms with E-state index in [1.165, 1.54) is 18.4 Å². The number of likely N-dealkylation sites (tertiary alicyclic amines) is 1. The van der Waals surface area contributed by atoms with Crippen LogP contribution in [0.2, 0.25) is 0 Å². The third-order valence-corrected chi connectivity index (χ3v) is 6.05. The molecule has 1 saturated carbocycles. The average Bonchev–Trinajstić information content (AvgIpc) is 2.98. The molecule has 1 amide bonds. The van der Waals surface area contributed by atoms with Crippen LogP contribution in [0.3, 0.4) is 0 Å². The molecule has 2 N–H and O–H groups in total. The summed E-state index contributed by atoms with van der Waals surface area (Å²) in [6.07, 6.45) is -0.460. The molecule has 0 unspecified atom stereocenters. The molecule has 1 aliphatic carbocycles. The van der Waals surface area contributed by atoms with Gasteiger partial charge in [0, 0.05) is 32.1 Å². The first-order valence-electron chi connectivity index (χ1n) is 9.66. The third kappa shape index (κ3) is 6.97. The normalized spacial score (nSPS) is 26.5. The molecule has 4 rings (SSSR count). The second-order valence-electron chi connectivity index (χ2n) is 7.87. The van der Waals surface area contributed by atoms with Crippen molar-refractivity contribution in [3.05, 3.63) is 22.4 Å². The fraction of sp³-hybridized carbons (Fsp3) is 0.684. The maximum absolute atomic E-state index is 11.9. The lowest BCUT2D eigenvalue weighted by atomic mass is 10.0. The number of nitrogens with zero attached hydrogens (tertiary/aromatic N) is 1. The molecule has 0 bridgehead atoms. The van der Waals surface area contributed by atoms with Gasteiger partial charge in [-0.25, -0.2) is 4.79 Å². The first kappa shape index (κ1) is 22.0. The minimum atomic E-state index is -5.08. The SMILES string of the molecule is O=C(C[C@H]1C[C@H]2CN(Cc3ccsc3)C[C@H]2O1)NCC1CC1.O=C(O)C(F)(F)F. The maximum Gasteiger partial charge on any atom is 0.490 e. The molecule has 162 valence electrons. The highest BCUT2D eigenvalue weighted by Crippen LogP contribution is 2.35. The number of fused-ring (bicyclic) bond motifs is 1. The molecule has 3 atom stereocenters. The molecule has 10 heteroatoms. The van der Waals surface area contributed by atoms with Crippen molar-refractivity contribution in [2.45, 2.75) is 50.6 Å². The van der Waals surface area contributed by atoms with Gasteiger partial charge in [-0.1, -0.05) is 0 Å². The number of ether oxygens (including phenoxy) is 1. The van der Waals surface area contributed by atoms with Crippen molar-refractivity contribution >= 4 is 23.2 Å². The molecule has 29 heavy (non-hydrogen) atoms. The molecule has 2 saturated heterocycles. The van der Waals surface area contributed by atoms with Crippen LogP contribution in [-0.4, -0.2) is 59.9 Å².